The van der Waals surface area contributed by atoms with Crippen LogP contribution < -0.4 is 0 Å². The van der Waals surface area contributed by atoms with Gasteiger partial charge >= 0.3 is 11.9 Å². The van der Waals surface area contributed by atoms with Crippen LogP contribution >= 0.6 is 0 Å². The number of hydrogen-bond donors (Lipinski definition) is 0. The van der Waals surface area contributed by atoms with Crippen molar-refractivity contribution < 1.29 is 27.5 Å². The second-order valence-corrected chi connectivity index (χ2v) is 7.45. The van der Waals surface area contributed by atoms with Crippen LogP contribution in [0.3, 0.4) is 0 Å². The molecule has 1 heterocycles. The van der Waals surface area contributed by atoms with Gasteiger partial charge in [0.25, 0.3) is 0 Å². The minimum atomic E-state index is -3.55. The molecule has 0 saturated carbocycles. The van der Waals surface area contributed by atoms with Crippen molar-refractivity contribution in [2.75, 3.05) is 5.75 Å². The summed E-state index contributed by atoms with van der Waals surface area (Å²) in [5.41, 5.74) is 0.951. The first-order valence-electron chi connectivity index (χ1n) is 6.97. The number of aryl methyl sites for hydroxylation is 1. The number of hydrogen-bond acceptors (Lipinski definition) is 6. The number of benzene rings is 1. The summed E-state index contributed by atoms with van der Waals surface area (Å²) >= 11 is 0. The summed E-state index contributed by atoms with van der Waals surface area (Å²) in [5, 5.41) is 0. The van der Waals surface area contributed by atoms with E-state index in [0.29, 0.717) is 6.42 Å². The van der Waals surface area contributed by atoms with Crippen molar-refractivity contribution in [3.8, 4) is 0 Å². The summed E-state index contributed by atoms with van der Waals surface area (Å²) < 4.78 is 34.0. The fraction of sp³-hybridized carbons (Fsp3) is 0.467. The smallest absolute Gasteiger partial charge is 0.347 e. The van der Waals surface area contributed by atoms with Crippen LogP contribution in [0.25, 0.3) is 0 Å². The maximum absolute atomic E-state index is 12.1. The van der Waals surface area contributed by atoms with Crippen LogP contribution in [0, 0.1) is 6.92 Å². The zero-order valence-electron chi connectivity index (χ0n) is 12.4. The topological polar surface area (TPSA) is 86.7 Å². The van der Waals surface area contributed by atoms with E-state index in [1.165, 1.54) is 12.1 Å². The average Bonchev–Trinajstić information content (AvgIpc) is 2.75. The molecule has 0 aromatic heterocycles. The van der Waals surface area contributed by atoms with E-state index < -0.39 is 27.9 Å². The van der Waals surface area contributed by atoms with Crippen LogP contribution in [0.2, 0.25) is 0 Å². The van der Waals surface area contributed by atoms with E-state index in [1.807, 2.05) is 6.92 Å². The summed E-state index contributed by atoms with van der Waals surface area (Å²) in [6.07, 6.45) is -1.21. The maximum Gasteiger partial charge on any atom is 0.347 e. The zero-order valence-corrected chi connectivity index (χ0v) is 13.3. The Labute approximate surface area is 129 Å². The van der Waals surface area contributed by atoms with E-state index in [1.54, 1.807) is 19.1 Å². The van der Waals surface area contributed by atoms with E-state index in [0.717, 1.165) is 5.56 Å². The minimum absolute atomic E-state index is 0.166. The van der Waals surface area contributed by atoms with E-state index in [-0.39, 0.29) is 23.2 Å². The molecule has 0 spiro atoms. The van der Waals surface area contributed by atoms with Gasteiger partial charge in [0.05, 0.1) is 17.1 Å². The SMILES string of the molecule is Cc1ccc(S(=O)(=O)CCC(=O)O[C@@H]2C[C@@H](C)OC2=O)cc1. The molecule has 2 rings (SSSR count). The van der Waals surface area contributed by atoms with Gasteiger partial charge in [0.15, 0.2) is 9.84 Å². The standard InChI is InChI=1S/C15H18O6S/c1-10-3-5-12(6-4-10)22(18,19)8-7-14(16)21-13-9-11(2)20-15(13)17/h3-6,11,13H,7-9H2,1-2H3/t11-,13-/m1/s1. The third kappa shape index (κ3) is 4.07. The minimum Gasteiger partial charge on any atom is -0.460 e. The lowest BCUT2D eigenvalue weighted by molar-refractivity contribution is -0.160. The predicted octanol–water partition coefficient (Wildman–Crippen LogP) is 1.41. The Hall–Kier alpha value is -1.89. The van der Waals surface area contributed by atoms with Crippen molar-refractivity contribution in [3.63, 3.8) is 0 Å². The third-order valence-corrected chi connectivity index (χ3v) is 5.09. The van der Waals surface area contributed by atoms with Crippen molar-refractivity contribution in [2.45, 2.75) is 43.8 Å². The quantitative estimate of drug-likeness (QED) is 0.760. The van der Waals surface area contributed by atoms with Gasteiger partial charge in [-0.15, -0.1) is 0 Å². The van der Waals surface area contributed by atoms with Gasteiger partial charge < -0.3 is 9.47 Å². The van der Waals surface area contributed by atoms with Gasteiger partial charge in [-0.05, 0) is 26.0 Å². The van der Waals surface area contributed by atoms with Crippen LogP contribution in [-0.2, 0) is 28.9 Å². The number of cyclic esters (lactones) is 1. The monoisotopic (exact) mass is 326 g/mol. The largest absolute Gasteiger partial charge is 0.460 e. The zero-order chi connectivity index (χ0) is 16.3. The molecule has 7 heteroatoms. The first-order chi connectivity index (χ1) is 10.3. The van der Waals surface area contributed by atoms with Gasteiger partial charge in [-0.3, -0.25) is 4.79 Å². The van der Waals surface area contributed by atoms with Gasteiger partial charge in [0.1, 0.15) is 6.10 Å². The molecule has 0 amide bonds. The molecule has 0 radical (unpaired) electrons. The Morgan fingerprint density at radius 1 is 1.32 bits per heavy atom. The number of ether oxygens (including phenoxy) is 2. The highest BCUT2D eigenvalue weighted by Crippen LogP contribution is 2.18. The lowest BCUT2D eigenvalue weighted by Crippen LogP contribution is -2.24. The van der Waals surface area contributed by atoms with E-state index in [9.17, 15) is 18.0 Å². The Morgan fingerprint density at radius 3 is 2.50 bits per heavy atom. The highest BCUT2D eigenvalue weighted by molar-refractivity contribution is 7.91. The van der Waals surface area contributed by atoms with Gasteiger partial charge in [0, 0.05) is 6.42 Å². The van der Waals surface area contributed by atoms with Gasteiger partial charge in [-0.2, -0.15) is 0 Å². The Kier molecular flexibility index (Phi) is 4.85. The molecule has 2 atom stereocenters. The summed E-state index contributed by atoms with van der Waals surface area (Å²) in [5.74, 6) is -1.65. The number of carbonyl (C=O) groups excluding carboxylic acids is 2. The molecule has 22 heavy (non-hydrogen) atoms. The third-order valence-electron chi connectivity index (χ3n) is 3.35. The summed E-state index contributed by atoms with van der Waals surface area (Å²) in [4.78, 5) is 23.2. The molecule has 120 valence electrons. The first kappa shape index (κ1) is 16.5. The molecule has 0 unspecified atom stereocenters. The van der Waals surface area contributed by atoms with Crippen molar-refractivity contribution in [3.05, 3.63) is 29.8 Å². The van der Waals surface area contributed by atoms with Gasteiger partial charge in [-0.25, -0.2) is 13.2 Å². The molecule has 1 aliphatic rings. The molecule has 0 aliphatic carbocycles. The second kappa shape index (κ2) is 6.48. The number of esters is 2. The molecule has 1 aromatic carbocycles. The Bertz CT molecular complexity index is 662. The first-order valence-corrected chi connectivity index (χ1v) is 8.62. The maximum atomic E-state index is 12.1. The number of carbonyl (C=O) groups is 2. The van der Waals surface area contributed by atoms with Crippen LogP contribution in [-0.4, -0.2) is 38.3 Å². The normalized spacial score (nSPS) is 21.5. The van der Waals surface area contributed by atoms with E-state index in [4.69, 9.17) is 9.47 Å². The van der Waals surface area contributed by atoms with Crippen molar-refractivity contribution >= 4 is 21.8 Å². The molecule has 1 aliphatic heterocycles. The van der Waals surface area contributed by atoms with Crippen LogP contribution in [0.4, 0.5) is 0 Å². The average molecular weight is 326 g/mol. The highest BCUT2D eigenvalue weighted by atomic mass is 32.2. The van der Waals surface area contributed by atoms with E-state index >= 15 is 0 Å². The van der Waals surface area contributed by atoms with Gasteiger partial charge in [-0.1, -0.05) is 17.7 Å². The van der Waals surface area contributed by atoms with Crippen molar-refractivity contribution in [1.29, 1.82) is 0 Å². The summed E-state index contributed by atoms with van der Waals surface area (Å²) in [6, 6.07) is 6.40. The molecule has 1 fully saturated rings. The molecule has 0 bridgehead atoms. The van der Waals surface area contributed by atoms with Crippen LogP contribution in [0.15, 0.2) is 29.2 Å². The second-order valence-electron chi connectivity index (χ2n) is 5.34. The summed E-state index contributed by atoms with van der Waals surface area (Å²) in [6.45, 7) is 3.56. The Morgan fingerprint density at radius 2 is 1.95 bits per heavy atom. The molecule has 6 nitrogen and oxygen atoms in total. The molecular formula is C15H18O6S. The predicted molar refractivity (Wildman–Crippen MR) is 77.9 cm³/mol. The lowest BCUT2D eigenvalue weighted by Gasteiger charge is -2.09. The number of rotatable bonds is 5. The fourth-order valence-corrected chi connectivity index (χ4v) is 3.34. The molecular weight excluding hydrogens is 308 g/mol. The van der Waals surface area contributed by atoms with Gasteiger partial charge in [0.2, 0.25) is 6.10 Å². The summed E-state index contributed by atoms with van der Waals surface area (Å²) in [7, 11) is -3.55. The van der Waals surface area contributed by atoms with Crippen molar-refractivity contribution in [1.82, 2.24) is 0 Å². The Balaban J connectivity index is 1.90. The lowest BCUT2D eigenvalue weighted by atomic mass is 10.2. The molecule has 1 saturated heterocycles. The fourth-order valence-electron chi connectivity index (χ4n) is 2.11. The number of sulfone groups is 1. The van der Waals surface area contributed by atoms with Crippen molar-refractivity contribution in [2.24, 2.45) is 0 Å². The molecule has 1 aromatic rings. The highest BCUT2D eigenvalue weighted by Gasteiger charge is 2.35. The van der Waals surface area contributed by atoms with E-state index in [2.05, 4.69) is 0 Å². The van der Waals surface area contributed by atoms with Crippen LogP contribution in [0.5, 0.6) is 0 Å². The van der Waals surface area contributed by atoms with Crippen LogP contribution in [0.1, 0.15) is 25.3 Å². The molecule has 0 N–H and O–H groups in total.